The van der Waals surface area contributed by atoms with Crippen LogP contribution in [0.15, 0.2) is 60.4 Å². The predicted molar refractivity (Wildman–Crippen MR) is 116 cm³/mol. The fourth-order valence-corrected chi connectivity index (χ4v) is 2.88. The summed E-state index contributed by atoms with van der Waals surface area (Å²) in [5.41, 5.74) is 3.58. The molecule has 0 aliphatic carbocycles. The Morgan fingerprint density at radius 1 is 1.20 bits per heavy atom. The van der Waals surface area contributed by atoms with Crippen LogP contribution in [-0.2, 0) is 4.79 Å². The molecular formula is C24H23N3O3. The number of carboxylic acids is 1. The summed E-state index contributed by atoms with van der Waals surface area (Å²) in [7, 11) is 0. The predicted octanol–water partition coefficient (Wildman–Crippen LogP) is 5.37. The van der Waals surface area contributed by atoms with Crippen LogP contribution in [0.25, 0.3) is 27.9 Å². The molecule has 6 nitrogen and oxygen atoms in total. The van der Waals surface area contributed by atoms with E-state index in [4.69, 9.17) is 11.3 Å². The first-order valence-electron chi connectivity index (χ1n) is 9.74. The van der Waals surface area contributed by atoms with Gasteiger partial charge in [0.2, 0.25) is 0 Å². The standard InChI is InChI=1S/C24H23N3O3/c1-4-5-14-30-21-12-8-18(9-13-21)23-19(15-22(25-3)24(28)29)16-27(26-23)20-10-6-17(2)7-11-20/h6-13,15-16H,4-5,14H2,1-2H3,(H,28,29)/b22-15+. The molecule has 0 bridgehead atoms. The van der Waals surface area contributed by atoms with Gasteiger partial charge >= 0.3 is 5.97 Å². The number of benzene rings is 2. The van der Waals surface area contributed by atoms with Gasteiger partial charge in [-0.15, -0.1) is 0 Å². The van der Waals surface area contributed by atoms with Gasteiger partial charge in [-0.2, -0.15) is 5.10 Å². The lowest BCUT2D eigenvalue weighted by molar-refractivity contribution is -0.132. The van der Waals surface area contributed by atoms with Gasteiger partial charge in [0, 0.05) is 17.3 Å². The number of aryl methyl sites for hydroxylation is 1. The highest BCUT2D eigenvalue weighted by Gasteiger charge is 2.15. The van der Waals surface area contributed by atoms with Crippen LogP contribution in [0.2, 0.25) is 0 Å². The van der Waals surface area contributed by atoms with E-state index >= 15 is 0 Å². The molecule has 1 aromatic heterocycles. The first-order chi connectivity index (χ1) is 14.5. The summed E-state index contributed by atoms with van der Waals surface area (Å²) in [4.78, 5) is 14.5. The second-order valence-electron chi connectivity index (χ2n) is 6.89. The summed E-state index contributed by atoms with van der Waals surface area (Å²) in [5.74, 6) is -0.492. The molecule has 152 valence electrons. The summed E-state index contributed by atoms with van der Waals surface area (Å²) in [6.45, 7) is 11.9. The number of carbonyl (C=O) groups is 1. The second-order valence-corrected chi connectivity index (χ2v) is 6.89. The average molecular weight is 401 g/mol. The minimum atomic E-state index is -1.27. The molecule has 1 N–H and O–H groups in total. The lowest BCUT2D eigenvalue weighted by atomic mass is 10.1. The number of carboxylic acid groups (broad SMARTS) is 1. The molecule has 0 saturated heterocycles. The topological polar surface area (TPSA) is 68.7 Å². The number of aromatic nitrogens is 2. The van der Waals surface area contributed by atoms with Crippen LogP contribution in [0.3, 0.4) is 0 Å². The molecule has 2 aromatic carbocycles. The normalized spacial score (nSPS) is 11.2. The van der Waals surface area contributed by atoms with Gasteiger partial charge in [0.1, 0.15) is 5.75 Å². The SMILES string of the molecule is [C-]#[N+]/C(=C/c1cn(-c2ccc(C)cc2)nc1-c1ccc(OCCCC)cc1)C(=O)O. The fourth-order valence-electron chi connectivity index (χ4n) is 2.88. The Morgan fingerprint density at radius 3 is 2.50 bits per heavy atom. The molecule has 0 unspecified atom stereocenters. The number of hydrogen-bond donors (Lipinski definition) is 1. The Labute approximate surface area is 175 Å². The molecule has 3 rings (SSSR count). The van der Waals surface area contributed by atoms with Crippen molar-refractivity contribution in [1.82, 2.24) is 9.78 Å². The van der Waals surface area contributed by atoms with Crippen molar-refractivity contribution in [3.8, 4) is 22.7 Å². The van der Waals surface area contributed by atoms with Crippen LogP contribution in [0.1, 0.15) is 30.9 Å². The van der Waals surface area contributed by atoms with Crippen LogP contribution in [0, 0.1) is 13.5 Å². The van der Waals surface area contributed by atoms with Crippen molar-refractivity contribution in [3.05, 3.63) is 83.0 Å². The lowest BCUT2D eigenvalue weighted by Gasteiger charge is -2.06. The van der Waals surface area contributed by atoms with Crippen LogP contribution in [-0.4, -0.2) is 27.5 Å². The van der Waals surface area contributed by atoms with E-state index in [1.54, 1.807) is 10.9 Å². The van der Waals surface area contributed by atoms with E-state index in [-0.39, 0.29) is 5.70 Å². The first-order valence-corrected chi connectivity index (χ1v) is 9.74. The van der Waals surface area contributed by atoms with Crippen LogP contribution in [0.5, 0.6) is 5.75 Å². The van der Waals surface area contributed by atoms with Gasteiger partial charge in [-0.25, -0.2) is 9.53 Å². The smallest absolute Gasteiger partial charge is 0.333 e. The third kappa shape index (κ3) is 4.95. The maximum atomic E-state index is 11.3. The Balaban J connectivity index is 2.02. The van der Waals surface area contributed by atoms with Crippen molar-refractivity contribution in [2.75, 3.05) is 6.61 Å². The third-order valence-corrected chi connectivity index (χ3v) is 4.57. The minimum absolute atomic E-state index is 0.362. The molecule has 0 atom stereocenters. The third-order valence-electron chi connectivity index (χ3n) is 4.57. The maximum absolute atomic E-state index is 11.3. The number of rotatable bonds is 8. The zero-order valence-corrected chi connectivity index (χ0v) is 17.0. The summed E-state index contributed by atoms with van der Waals surface area (Å²) < 4.78 is 7.40. The van der Waals surface area contributed by atoms with Crippen molar-refractivity contribution in [2.24, 2.45) is 0 Å². The fraction of sp³-hybridized carbons (Fsp3) is 0.208. The van der Waals surface area contributed by atoms with Gasteiger partial charge in [0.25, 0.3) is 5.70 Å². The number of unbranched alkanes of at least 4 members (excludes halogenated alkanes) is 1. The summed E-state index contributed by atoms with van der Waals surface area (Å²) >= 11 is 0. The van der Waals surface area contributed by atoms with Gasteiger partial charge < -0.3 is 9.84 Å². The first kappa shape index (κ1) is 20.9. The number of nitrogens with zero attached hydrogens (tertiary/aromatic N) is 3. The van der Waals surface area contributed by atoms with Gasteiger partial charge in [-0.1, -0.05) is 31.0 Å². The molecule has 3 aromatic rings. The zero-order valence-electron chi connectivity index (χ0n) is 17.0. The zero-order chi connectivity index (χ0) is 21.5. The Morgan fingerprint density at radius 2 is 1.90 bits per heavy atom. The molecule has 0 aliphatic rings. The van der Waals surface area contributed by atoms with E-state index < -0.39 is 5.97 Å². The molecule has 0 amide bonds. The molecule has 0 aliphatic heterocycles. The highest BCUT2D eigenvalue weighted by atomic mass is 16.5. The Hall–Kier alpha value is -3.85. The van der Waals surface area contributed by atoms with Crippen molar-refractivity contribution in [2.45, 2.75) is 26.7 Å². The van der Waals surface area contributed by atoms with Gasteiger partial charge in [0.15, 0.2) is 0 Å². The second kappa shape index (κ2) is 9.57. The molecule has 0 spiro atoms. The van der Waals surface area contributed by atoms with E-state index in [2.05, 4.69) is 16.9 Å². The summed E-state index contributed by atoms with van der Waals surface area (Å²) in [6, 6.07) is 15.4. The van der Waals surface area contributed by atoms with Crippen LogP contribution < -0.4 is 4.74 Å². The van der Waals surface area contributed by atoms with Crippen molar-refractivity contribution >= 4 is 12.0 Å². The molecule has 0 saturated carbocycles. The van der Waals surface area contributed by atoms with Crippen LogP contribution in [0.4, 0.5) is 0 Å². The lowest BCUT2D eigenvalue weighted by Crippen LogP contribution is -1.96. The quantitative estimate of drug-likeness (QED) is 0.313. The van der Waals surface area contributed by atoms with Crippen LogP contribution >= 0.6 is 0 Å². The number of aliphatic carboxylic acids is 1. The summed E-state index contributed by atoms with van der Waals surface area (Å²) in [5, 5.41) is 13.9. The number of hydrogen-bond acceptors (Lipinski definition) is 3. The molecule has 1 heterocycles. The highest BCUT2D eigenvalue weighted by Crippen LogP contribution is 2.28. The molecule has 0 radical (unpaired) electrons. The Kier molecular flexibility index (Phi) is 6.66. The molecule has 30 heavy (non-hydrogen) atoms. The van der Waals surface area contributed by atoms with Crippen molar-refractivity contribution in [3.63, 3.8) is 0 Å². The number of ether oxygens (including phenoxy) is 1. The van der Waals surface area contributed by atoms with Gasteiger partial charge in [-0.3, -0.25) is 4.79 Å². The summed E-state index contributed by atoms with van der Waals surface area (Å²) in [6.07, 6.45) is 5.15. The van der Waals surface area contributed by atoms with Crippen molar-refractivity contribution < 1.29 is 14.6 Å². The highest BCUT2D eigenvalue weighted by molar-refractivity contribution is 5.95. The van der Waals surface area contributed by atoms with Gasteiger partial charge in [0.05, 0.1) is 24.6 Å². The van der Waals surface area contributed by atoms with E-state index in [9.17, 15) is 9.90 Å². The molecular weight excluding hydrogens is 378 g/mol. The monoisotopic (exact) mass is 401 g/mol. The maximum Gasteiger partial charge on any atom is 0.333 e. The average Bonchev–Trinajstić information content (AvgIpc) is 3.17. The minimum Gasteiger partial charge on any atom is -0.494 e. The largest absolute Gasteiger partial charge is 0.494 e. The van der Waals surface area contributed by atoms with E-state index in [0.29, 0.717) is 17.9 Å². The van der Waals surface area contributed by atoms with E-state index in [1.807, 2.05) is 55.5 Å². The molecule has 0 fully saturated rings. The van der Waals surface area contributed by atoms with E-state index in [0.717, 1.165) is 35.4 Å². The van der Waals surface area contributed by atoms with Crippen molar-refractivity contribution in [1.29, 1.82) is 0 Å². The molecule has 6 heteroatoms. The van der Waals surface area contributed by atoms with E-state index in [1.165, 1.54) is 6.08 Å². The van der Waals surface area contributed by atoms with Gasteiger partial charge in [-0.05, 0) is 55.8 Å². The Bertz CT molecular complexity index is 1090.